The largest absolute Gasteiger partial charge is 0.305 e. The Morgan fingerprint density at radius 3 is 2.80 bits per heavy atom. The van der Waals surface area contributed by atoms with Gasteiger partial charge in [-0.1, -0.05) is 23.8 Å². The van der Waals surface area contributed by atoms with Crippen LogP contribution in [0.4, 0.5) is 0 Å². The van der Waals surface area contributed by atoms with Crippen molar-refractivity contribution in [2.24, 2.45) is 0 Å². The minimum atomic E-state index is 1.12. The van der Waals surface area contributed by atoms with E-state index in [1.807, 2.05) is 0 Å². The van der Waals surface area contributed by atoms with Gasteiger partial charge in [-0.3, -0.25) is 0 Å². The minimum absolute atomic E-state index is 1.12. The van der Waals surface area contributed by atoms with E-state index in [9.17, 15) is 0 Å². The molecule has 0 unspecified atom stereocenters. The van der Waals surface area contributed by atoms with Crippen LogP contribution >= 0.6 is 0 Å². The SMILES string of the molecule is CN(C)CC1=CC=CCC1. The Morgan fingerprint density at radius 2 is 2.30 bits per heavy atom. The van der Waals surface area contributed by atoms with Gasteiger partial charge in [0.05, 0.1) is 0 Å². The van der Waals surface area contributed by atoms with Crippen LogP contribution in [-0.2, 0) is 0 Å². The van der Waals surface area contributed by atoms with Gasteiger partial charge in [0.1, 0.15) is 0 Å². The molecule has 1 aliphatic rings. The highest BCUT2D eigenvalue weighted by atomic mass is 15.0. The summed E-state index contributed by atoms with van der Waals surface area (Å²) >= 11 is 0. The van der Waals surface area contributed by atoms with Crippen molar-refractivity contribution in [3.05, 3.63) is 23.8 Å². The Bertz CT molecular complexity index is 154. The topological polar surface area (TPSA) is 3.24 Å². The molecule has 0 aromatic rings. The molecule has 1 heteroatoms. The van der Waals surface area contributed by atoms with Gasteiger partial charge in [0.15, 0.2) is 0 Å². The zero-order chi connectivity index (χ0) is 7.40. The lowest BCUT2D eigenvalue weighted by Crippen LogP contribution is -2.15. The van der Waals surface area contributed by atoms with Crippen LogP contribution in [0.3, 0.4) is 0 Å². The molecule has 0 spiro atoms. The van der Waals surface area contributed by atoms with Crippen molar-refractivity contribution in [3.8, 4) is 0 Å². The maximum absolute atomic E-state index is 2.23. The van der Waals surface area contributed by atoms with Gasteiger partial charge in [0.25, 0.3) is 0 Å². The summed E-state index contributed by atoms with van der Waals surface area (Å²) in [5, 5.41) is 0. The molecule has 0 bridgehead atoms. The standard InChI is InChI=1S/C9H15N/c1-10(2)8-9-6-4-3-5-7-9/h3-4,6H,5,7-8H2,1-2H3. The summed E-state index contributed by atoms with van der Waals surface area (Å²) in [4.78, 5) is 2.21. The molecule has 0 radical (unpaired) electrons. The maximum atomic E-state index is 2.23. The molecule has 1 aliphatic carbocycles. The molecule has 0 atom stereocenters. The summed E-state index contributed by atoms with van der Waals surface area (Å²) in [5.41, 5.74) is 1.55. The Kier molecular flexibility index (Phi) is 2.69. The monoisotopic (exact) mass is 137 g/mol. The highest BCUT2D eigenvalue weighted by Crippen LogP contribution is 2.11. The van der Waals surface area contributed by atoms with Crippen molar-refractivity contribution >= 4 is 0 Å². The van der Waals surface area contributed by atoms with Crippen molar-refractivity contribution in [3.63, 3.8) is 0 Å². The normalized spacial score (nSPS) is 17.7. The first-order valence-electron chi connectivity index (χ1n) is 3.78. The predicted octanol–water partition coefficient (Wildman–Crippen LogP) is 1.82. The molecule has 0 heterocycles. The van der Waals surface area contributed by atoms with Crippen LogP contribution in [0.15, 0.2) is 23.8 Å². The van der Waals surface area contributed by atoms with Gasteiger partial charge >= 0.3 is 0 Å². The second-order valence-corrected chi connectivity index (χ2v) is 3.03. The molecule has 0 fully saturated rings. The van der Waals surface area contributed by atoms with E-state index >= 15 is 0 Å². The molecule has 1 nitrogen and oxygen atoms in total. The van der Waals surface area contributed by atoms with Gasteiger partial charge in [-0.05, 0) is 26.9 Å². The molecule has 0 aromatic carbocycles. The van der Waals surface area contributed by atoms with Crippen LogP contribution in [0.5, 0.6) is 0 Å². The number of allylic oxidation sites excluding steroid dienone is 3. The summed E-state index contributed by atoms with van der Waals surface area (Å²) in [6.45, 7) is 1.12. The van der Waals surface area contributed by atoms with E-state index in [2.05, 4.69) is 37.2 Å². The van der Waals surface area contributed by atoms with Crippen LogP contribution in [0.1, 0.15) is 12.8 Å². The second kappa shape index (κ2) is 3.57. The quantitative estimate of drug-likeness (QED) is 0.561. The molecular formula is C9H15N. The van der Waals surface area contributed by atoms with E-state index in [-0.39, 0.29) is 0 Å². The average molecular weight is 137 g/mol. The van der Waals surface area contributed by atoms with Gasteiger partial charge in [-0.15, -0.1) is 0 Å². The number of hydrogen-bond acceptors (Lipinski definition) is 1. The summed E-state index contributed by atoms with van der Waals surface area (Å²) in [6.07, 6.45) is 9.07. The third-order valence-corrected chi connectivity index (χ3v) is 1.62. The summed E-state index contributed by atoms with van der Waals surface area (Å²) in [5.74, 6) is 0. The molecule has 1 rings (SSSR count). The predicted molar refractivity (Wildman–Crippen MR) is 45.0 cm³/mol. The average Bonchev–Trinajstić information content (AvgIpc) is 1.88. The van der Waals surface area contributed by atoms with Crippen LogP contribution in [0.2, 0.25) is 0 Å². The molecule has 0 amide bonds. The lowest BCUT2D eigenvalue weighted by atomic mass is 10.1. The van der Waals surface area contributed by atoms with Crippen LogP contribution in [-0.4, -0.2) is 25.5 Å². The van der Waals surface area contributed by atoms with Gasteiger partial charge in [0.2, 0.25) is 0 Å². The first-order valence-corrected chi connectivity index (χ1v) is 3.78. The Balaban J connectivity index is 2.39. The summed E-state index contributed by atoms with van der Waals surface area (Å²) in [6, 6.07) is 0. The molecule has 10 heavy (non-hydrogen) atoms. The van der Waals surface area contributed by atoms with Gasteiger partial charge in [-0.25, -0.2) is 0 Å². The lowest BCUT2D eigenvalue weighted by molar-refractivity contribution is 0.439. The lowest BCUT2D eigenvalue weighted by Gasteiger charge is -2.13. The van der Waals surface area contributed by atoms with Crippen LogP contribution in [0, 0.1) is 0 Å². The van der Waals surface area contributed by atoms with Crippen molar-refractivity contribution in [1.29, 1.82) is 0 Å². The molecule has 0 N–H and O–H groups in total. The van der Waals surface area contributed by atoms with E-state index in [0.717, 1.165) is 6.54 Å². The number of rotatable bonds is 2. The highest BCUT2D eigenvalue weighted by Gasteiger charge is 1.99. The minimum Gasteiger partial charge on any atom is -0.305 e. The highest BCUT2D eigenvalue weighted by molar-refractivity contribution is 5.18. The van der Waals surface area contributed by atoms with Crippen LogP contribution < -0.4 is 0 Å². The van der Waals surface area contributed by atoms with E-state index in [0.29, 0.717) is 0 Å². The van der Waals surface area contributed by atoms with E-state index < -0.39 is 0 Å². The molecule has 56 valence electrons. The van der Waals surface area contributed by atoms with Crippen molar-refractivity contribution in [2.45, 2.75) is 12.8 Å². The van der Waals surface area contributed by atoms with Gasteiger partial charge in [0, 0.05) is 6.54 Å². The zero-order valence-electron chi connectivity index (χ0n) is 6.80. The Labute approximate surface area is 63.0 Å². The zero-order valence-corrected chi connectivity index (χ0v) is 6.80. The molecule has 0 saturated heterocycles. The molecule has 0 aliphatic heterocycles. The smallest absolute Gasteiger partial charge is 0.0190 e. The van der Waals surface area contributed by atoms with Crippen LogP contribution in [0.25, 0.3) is 0 Å². The number of nitrogens with zero attached hydrogens (tertiary/aromatic N) is 1. The van der Waals surface area contributed by atoms with Gasteiger partial charge < -0.3 is 4.90 Å². The number of hydrogen-bond donors (Lipinski definition) is 0. The molecule has 0 aromatic heterocycles. The fraction of sp³-hybridized carbons (Fsp3) is 0.556. The Morgan fingerprint density at radius 1 is 1.50 bits per heavy atom. The van der Waals surface area contributed by atoms with Gasteiger partial charge in [-0.2, -0.15) is 0 Å². The fourth-order valence-electron chi connectivity index (χ4n) is 1.19. The van der Waals surface area contributed by atoms with E-state index in [1.54, 1.807) is 5.57 Å². The third-order valence-electron chi connectivity index (χ3n) is 1.62. The van der Waals surface area contributed by atoms with E-state index in [1.165, 1.54) is 12.8 Å². The van der Waals surface area contributed by atoms with Crippen molar-refractivity contribution in [2.75, 3.05) is 20.6 Å². The van der Waals surface area contributed by atoms with Crippen molar-refractivity contribution in [1.82, 2.24) is 4.90 Å². The maximum Gasteiger partial charge on any atom is 0.0190 e. The molecular weight excluding hydrogens is 122 g/mol. The summed E-state index contributed by atoms with van der Waals surface area (Å²) in [7, 11) is 4.22. The second-order valence-electron chi connectivity index (χ2n) is 3.03. The fourth-order valence-corrected chi connectivity index (χ4v) is 1.19. The number of likely N-dealkylation sites (N-methyl/N-ethyl adjacent to an activating group) is 1. The first-order chi connectivity index (χ1) is 4.79. The van der Waals surface area contributed by atoms with Crippen molar-refractivity contribution < 1.29 is 0 Å². The Hall–Kier alpha value is -0.560. The summed E-state index contributed by atoms with van der Waals surface area (Å²) < 4.78 is 0. The first kappa shape index (κ1) is 7.55. The van der Waals surface area contributed by atoms with E-state index in [4.69, 9.17) is 0 Å². The molecule has 0 saturated carbocycles. The third kappa shape index (κ3) is 2.36.